The molecular weight excluding hydrogens is 344 g/mol. The maximum atomic E-state index is 11.1. The number of carbonyl (C=O) groups excluding carboxylic acids is 1. The average molecular weight is 383 g/mol. The van der Waals surface area contributed by atoms with Crippen LogP contribution in [0.25, 0.3) is 0 Å². The molecule has 0 fully saturated rings. The molecule has 0 saturated carbocycles. The van der Waals surface area contributed by atoms with Crippen LogP contribution < -0.4 is 0 Å². The summed E-state index contributed by atoms with van der Waals surface area (Å²) in [4.78, 5) is 21.4. The molecule has 0 aromatic heterocycles. The van der Waals surface area contributed by atoms with Gasteiger partial charge in [0.2, 0.25) is 0 Å². The number of hydrogen-bond donors (Lipinski definition) is 1. The Morgan fingerprint density at radius 3 is 1.80 bits per heavy atom. The Labute approximate surface area is 186 Å². The molecule has 0 unspecified atom stereocenters. The van der Waals surface area contributed by atoms with Gasteiger partial charge in [0.25, 0.3) is 0 Å². The molecule has 0 aliphatic heterocycles. The van der Waals surface area contributed by atoms with E-state index in [-0.39, 0.29) is 53.4 Å². The van der Waals surface area contributed by atoms with Crippen molar-refractivity contribution in [3.63, 3.8) is 0 Å². The minimum atomic E-state index is -0.979. The van der Waals surface area contributed by atoms with Crippen molar-refractivity contribution >= 4 is 49.7 Å². The molecule has 0 radical (unpaired) electrons. The summed E-state index contributed by atoms with van der Waals surface area (Å²) in [6, 6.07) is 0. The number of ether oxygens (including phenoxy) is 1. The Balaban J connectivity index is -0.000000882. The van der Waals surface area contributed by atoms with Crippen LogP contribution in [0.15, 0.2) is 12.3 Å². The number of esters is 1. The van der Waals surface area contributed by atoms with Crippen LogP contribution in [0.1, 0.15) is 106 Å². The normalized spacial score (nSPS) is 10.6. The molecule has 0 bridgehead atoms. The monoisotopic (exact) mass is 382 g/mol. The summed E-state index contributed by atoms with van der Waals surface area (Å²) in [6.07, 6.45) is 19.8. The average Bonchev–Trinajstić information content (AvgIpc) is 2.56. The molecule has 5 heteroatoms. The van der Waals surface area contributed by atoms with Crippen molar-refractivity contribution in [1.29, 1.82) is 0 Å². The Morgan fingerprint density at radius 1 is 0.840 bits per heavy atom. The van der Waals surface area contributed by atoms with Crippen molar-refractivity contribution in [2.24, 2.45) is 0 Å². The van der Waals surface area contributed by atoms with Crippen molar-refractivity contribution < 1.29 is 22.3 Å². The number of hydrogen-bond acceptors (Lipinski definition) is 3. The van der Waals surface area contributed by atoms with Gasteiger partial charge < -0.3 is 12.7 Å². The zero-order chi connectivity index (χ0) is 17.9. The van der Waals surface area contributed by atoms with Crippen LogP contribution in [0.3, 0.4) is 0 Å². The van der Waals surface area contributed by atoms with Crippen LogP contribution in [-0.2, 0) is 14.3 Å². The molecule has 0 saturated heterocycles. The van der Waals surface area contributed by atoms with Gasteiger partial charge in [0.05, 0.1) is 19.1 Å². The zero-order valence-corrected chi connectivity index (χ0v) is 18.3. The maximum absolute atomic E-state index is 11.1. The fourth-order valence-corrected chi connectivity index (χ4v) is 2.56. The number of carboxylic acids is 1. The van der Waals surface area contributed by atoms with E-state index in [9.17, 15) is 9.59 Å². The maximum Gasteiger partial charge on any atom is 2.00 e. The van der Waals surface area contributed by atoms with E-state index in [1.54, 1.807) is 0 Å². The zero-order valence-electron chi connectivity index (χ0n) is 18.1. The van der Waals surface area contributed by atoms with Crippen molar-refractivity contribution in [3.8, 4) is 0 Å². The standard InChI is InChI=1S/C20H36O4.Ca.2H/c1-2-3-4-5-6-7-8-9-10-11-12-13-14-15-18-24-20(23)17-16-19(21)22;;;/h15,18H,2-14,16-17H2,1H3,(H,21,22);;;/q;+2;2*-1/b18-15+;;;. The predicted molar refractivity (Wildman–Crippen MR) is 106 cm³/mol. The number of aliphatic carboxylic acids is 1. The van der Waals surface area contributed by atoms with Gasteiger partial charge in [0, 0.05) is 0 Å². The number of carbonyl (C=O) groups is 2. The second kappa shape index (κ2) is 22.0. The first kappa shape index (κ1) is 27.2. The summed E-state index contributed by atoms with van der Waals surface area (Å²) < 4.78 is 4.82. The van der Waals surface area contributed by atoms with Gasteiger partial charge >= 0.3 is 49.7 Å². The molecule has 0 spiro atoms. The molecule has 0 heterocycles. The van der Waals surface area contributed by atoms with E-state index in [1.165, 1.54) is 76.9 Å². The first-order valence-corrected chi connectivity index (χ1v) is 9.73. The van der Waals surface area contributed by atoms with Crippen LogP contribution in [0.4, 0.5) is 0 Å². The Morgan fingerprint density at radius 2 is 1.32 bits per heavy atom. The molecule has 0 aliphatic carbocycles. The molecule has 0 atom stereocenters. The molecule has 1 N–H and O–H groups in total. The van der Waals surface area contributed by atoms with E-state index < -0.39 is 11.9 Å². The van der Waals surface area contributed by atoms with Gasteiger partial charge in [-0.1, -0.05) is 77.6 Å². The molecule has 144 valence electrons. The van der Waals surface area contributed by atoms with E-state index in [0.29, 0.717) is 0 Å². The summed E-state index contributed by atoms with van der Waals surface area (Å²) >= 11 is 0. The largest absolute Gasteiger partial charge is 2.00 e. The molecule has 0 aromatic carbocycles. The smallest absolute Gasteiger partial charge is 1.00 e. The van der Waals surface area contributed by atoms with E-state index in [2.05, 4.69) is 6.92 Å². The van der Waals surface area contributed by atoms with Crippen molar-refractivity contribution in [2.45, 2.75) is 103 Å². The van der Waals surface area contributed by atoms with E-state index in [4.69, 9.17) is 9.84 Å². The molecule has 25 heavy (non-hydrogen) atoms. The summed E-state index contributed by atoms with van der Waals surface area (Å²) in [6.45, 7) is 2.25. The fourth-order valence-electron chi connectivity index (χ4n) is 2.56. The SMILES string of the molecule is CCCCCCCCCCCCCC/C=C/OC(=O)CCC(=O)O.[Ca+2].[H-].[H-]. The minimum Gasteiger partial charge on any atom is -1.00 e. The Bertz CT molecular complexity index is 353. The minimum absolute atomic E-state index is 0. The fraction of sp³-hybridized carbons (Fsp3) is 0.800. The van der Waals surface area contributed by atoms with Crippen LogP contribution in [-0.4, -0.2) is 54.8 Å². The van der Waals surface area contributed by atoms with Gasteiger partial charge in [-0.05, 0) is 18.9 Å². The second-order valence-electron chi connectivity index (χ2n) is 6.43. The summed E-state index contributed by atoms with van der Waals surface area (Å²) in [5.41, 5.74) is 0. The van der Waals surface area contributed by atoms with E-state index in [1.807, 2.05) is 6.08 Å². The molecular formula is C20H38CaO4. The predicted octanol–water partition coefficient (Wildman–Crippen LogP) is 5.84. The van der Waals surface area contributed by atoms with Crippen LogP contribution in [0, 0.1) is 0 Å². The first-order chi connectivity index (χ1) is 11.7. The number of rotatable bonds is 17. The van der Waals surface area contributed by atoms with Gasteiger partial charge in [-0.15, -0.1) is 0 Å². The van der Waals surface area contributed by atoms with Crippen LogP contribution in [0.2, 0.25) is 0 Å². The summed E-state index contributed by atoms with van der Waals surface area (Å²) in [5, 5.41) is 8.44. The van der Waals surface area contributed by atoms with Gasteiger partial charge in [-0.25, -0.2) is 0 Å². The third-order valence-electron chi connectivity index (χ3n) is 4.06. The molecule has 0 amide bonds. The molecule has 0 aliphatic rings. The van der Waals surface area contributed by atoms with Gasteiger partial charge in [-0.2, -0.15) is 0 Å². The second-order valence-corrected chi connectivity index (χ2v) is 6.43. The Kier molecular flexibility index (Phi) is 23.9. The number of allylic oxidation sites excluding steroid dienone is 1. The van der Waals surface area contributed by atoms with Gasteiger partial charge in [-0.3, -0.25) is 9.59 Å². The van der Waals surface area contributed by atoms with Gasteiger partial charge in [0.1, 0.15) is 0 Å². The van der Waals surface area contributed by atoms with Crippen molar-refractivity contribution in [2.75, 3.05) is 0 Å². The molecule has 4 nitrogen and oxygen atoms in total. The quantitative estimate of drug-likeness (QED) is 0.148. The first-order valence-electron chi connectivity index (χ1n) is 9.73. The molecule has 0 rings (SSSR count). The molecule has 0 aromatic rings. The van der Waals surface area contributed by atoms with Gasteiger partial charge in [0.15, 0.2) is 0 Å². The topological polar surface area (TPSA) is 63.6 Å². The number of carboxylic acid groups (broad SMARTS) is 1. The van der Waals surface area contributed by atoms with E-state index in [0.717, 1.165) is 12.8 Å². The van der Waals surface area contributed by atoms with Crippen molar-refractivity contribution in [3.05, 3.63) is 12.3 Å². The summed E-state index contributed by atoms with van der Waals surface area (Å²) in [7, 11) is 0. The van der Waals surface area contributed by atoms with Crippen molar-refractivity contribution in [1.82, 2.24) is 0 Å². The third kappa shape index (κ3) is 23.9. The van der Waals surface area contributed by atoms with Crippen LogP contribution >= 0.6 is 0 Å². The Hall–Kier alpha value is -0.0603. The summed E-state index contributed by atoms with van der Waals surface area (Å²) in [5.74, 6) is -1.46. The van der Waals surface area contributed by atoms with E-state index >= 15 is 0 Å². The van der Waals surface area contributed by atoms with Crippen LogP contribution in [0.5, 0.6) is 0 Å². The third-order valence-corrected chi connectivity index (χ3v) is 4.06. The number of unbranched alkanes of at least 4 members (excludes halogenated alkanes) is 12.